The van der Waals surface area contributed by atoms with Crippen LogP contribution in [0.3, 0.4) is 0 Å². The van der Waals surface area contributed by atoms with E-state index in [2.05, 4.69) is 37.3 Å². The highest BCUT2D eigenvalue weighted by atomic mass is 32.2. The van der Waals surface area contributed by atoms with Crippen LogP contribution in [0.5, 0.6) is 0 Å². The fourth-order valence-corrected chi connectivity index (χ4v) is 3.58. The summed E-state index contributed by atoms with van der Waals surface area (Å²) in [5.41, 5.74) is 1.28. The molecule has 2 rings (SSSR count). The van der Waals surface area contributed by atoms with Gasteiger partial charge in [-0.1, -0.05) is 37.5 Å². The topological polar surface area (TPSA) is 23.8 Å². The SMILES string of the molecule is Cc1ccccc1SC1(C#N)CCCCC1. The molecule has 0 bridgehead atoms. The first-order chi connectivity index (χ1) is 7.76. The van der Waals surface area contributed by atoms with E-state index in [0.29, 0.717) is 0 Å². The minimum Gasteiger partial charge on any atom is -0.197 e. The van der Waals surface area contributed by atoms with Crippen LogP contribution in [0.1, 0.15) is 37.7 Å². The minimum atomic E-state index is -0.162. The Bertz CT molecular complexity index is 399. The average molecular weight is 231 g/mol. The standard InChI is InChI=1S/C14H17NS/c1-12-7-3-4-8-13(12)16-14(11-15)9-5-2-6-10-14/h3-4,7-8H,2,5-6,9-10H2,1H3. The zero-order valence-corrected chi connectivity index (χ0v) is 10.5. The van der Waals surface area contributed by atoms with Gasteiger partial charge >= 0.3 is 0 Å². The summed E-state index contributed by atoms with van der Waals surface area (Å²) in [5, 5.41) is 9.42. The Morgan fingerprint density at radius 1 is 1.19 bits per heavy atom. The molecule has 0 aliphatic heterocycles. The summed E-state index contributed by atoms with van der Waals surface area (Å²) >= 11 is 1.78. The Labute approximate surface area is 102 Å². The number of hydrogen-bond donors (Lipinski definition) is 0. The lowest BCUT2D eigenvalue weighted by molar-refractivity contribution is 0.459. The van der Waals surface area contributed by atoms with Gasteiger partial charge in [-0.15, -0.1) is 11.8 Å². The van der Waals surface area contributed by atoms with Crippen molar-refractivity contribution in [2.45, 2.75) is 48.7 Å². The molecular formula is C14H17NS. The van der Waals surface area contributed by atoms with Gasteiger partial charge in [0.1, 0.15) is 4.75 Å². The summed E-state index contributed by atoms with van der Waals surface area (Å²) in [6.45, 7) is 2.12. The average Bonchev–Trinajstić information content (AvgIpc) is 2.33. The second kappa shape index (κ2) is 4.93. The van der Waals surface area contributed by atoms with Gasteiger partial charge in [-0.05, 0) is 31.4 Å². The molecule has 0 aromatic heterocycles. The van der Waals surface area contributed by atoms with Gasteiger partial charge in [0.25, 0.3) is 0 Å². The molecule has 1 nitrogen and oxygen atoms in total. The summed E-state index contributed by atoms with van der Waals surface area (Å²) in [6.07, 6.45) is 5.78. The highest BCUT2D eigenvalue weighted by molar-refractivity contribution is 8.01. The number of benzene rings is 1. The quantitative estimate of drug-likeness (QED) is 0.757. The molecule has 84 valence electrons. The second-order valence-corrected chi connectivity index (χ2v) is 5.96. The minimum absolute atomic E-state index is 0.162. The molecule has 0 radical (unpaired) electrons. The highest BCUT2D eigenvalue weighted by Crippen LogP contribution is 2.44. The third kappa shape index (κ3) is 2.41. The fourth-order valence-electron chi connectivity index (χ4n) is 2.24. The number of rotatable bonds is 2. The summed E-state index contributed by atoms with van der Waals surface area (Å²) in [4.78, 5) is 1.27. The van der Waals surface area contributed by atoms with Crippen LogP contribution in [0.25, 0.3) is 0 Å². The lowest BCUT2D eigenvalue weighted by Gasteiger charge is -2.30. The van der Waals surface area contributed by atoms with E-state index in [1.54, 1.807) is 11.8 Å². The van der Waals surface area contributed by atoms with Crippen molar-refractivity contribution in [3.05, 3.63) is 29.8 Å². The van der Waals surface area contributed by atoms with Crippen molar-refractivity contribution in [3.63, 3.8) is 0 Å². The molecule has 0 saturated heterocycles. The molecular weight excluding hydrogens is 214 g/mol. The Kier molecular flexibility index (Phi) is 3.56. The number of thioether (sulfide) groups is 1. The highest BCUT2D eigenvalue weighted by Gasteiger charge is 2.33. The Morgan fingerprint density at radius 3 is 2.50 bits per heavy atom. The van der Waals surface area contributed by atoms with Gasteiger partial charge in [0.05, 0.1) is 6.07 Å². The summed E-state index contributed by atoms with van der Waals surface area (Å²) < 4.78 is -0.162. The van der Waals surface area contributed by atoms with Gasteiger partial charge in [0.15, 0.2) is 0 Å². The predicted octanol–water partition coefficient (Wildman–Crippen LogP) is 4.31. The lowest BCUT2D eigenvalue weighted by atomic mass is 9.89. The lowest BCUT2D eigenvalue weighted by Crippen LogP contribution is -2.25. The van der Waals surface area contributed by atoms with Gasteiger partial charge in [0.2, 0.25) is 0 Å². The molecule has 0 heterocycles. The maximum absolute atomic E-state index is 9.42. The molecule has 0 unspecified atom stereocenters. The van der Waals surface area contributed by atoms with E-state index in [9.17, 15) is 5.26 Å². The summed E-state index contributed by atoms with van der Waals surface area (Å²) in [6, 6.07) is 10.9. The van der Waals surface area contributed by atoms with Gasteiger partial charge in [-0.25, -0.2) is 0 Å². The first kappa shape index (κ1) is 11.5. The Morgan fingerprint density at radius 2 is 1.88 bits per heavy atom. The number of nitrogens with zero attached hydrogens (tertiary/aromatic N) is 1. The Hall–Kier alpha value is -0.940. The van der Waals surface area contributed by atoms with E-state index in [1.807, 2.05) is 0 Å². The van der Waals surface area contributed by atoms with E-state index >= 15 is 0 Å². The molecule has 1 fully saturated rings. The molecule has 1 saturated carbocycles. The number of hydrogen-bond acceptors (Lipinski definition) is 2. The molecule has 1 aromatic rings. The molecule has 0 spiro atoms. The van der Waals surface area contributed by atoms with E-state index in [4.69, 9.17) is 0 Å². The summed E-state index contributed by atoms with van der Waals surface area (Å²) in [5.74, 6) is 0. The second-order valence-electron chi connectivity index (χ2n) is 4.53. The van der Waals surface area contributed by atoms with E-state index < -0.39 is 0 Å². The zero-order valence-electron chi connectivity index (χ0n) is 9.70. The predicted molar refractivity (Wildman–Crippen MR) is 68.5 cm³/mol. The molecule has 16 heavy (non-hydrogen) atoms. The summed E-state index contributed by atoms with van der Waals surface area (Å²) in [7, 11) is 0. The van der Waals surface area contributed by atoms with Gasteiger partial charge in [-0.3, -0.25) is 0 Å². The van der Waals surface area contributed by atoms with Crippen molar-refractivity contribution < 1.29 is 0 Å². The molecule has 0 amide bonds. The van der Waals surface area contributed by atoms with Crippen LogP contribution in [0, 0.1) is 18.3 Å². The van der Waals surface area contributed by atoms with Crippen molar-refractivity contribution in [3.8, 4) is 6.07 Å². The normalized spacial score (nSPS) is 19.0. The van der Waals surface area contributed by atoms with Crippen molar-refractivity contribution in [1.82, 2.24) is 0 Å². The van der Waals surface area contributed by atoms with Crippen molar-refractivity contribution >= 4 is 11.8 Å². The Balaban J connectivity index is 2.19. The van der Waals surface area contributed by atoms with Crippen LogP contribution < -0.4 is 0 Å². The van der Waals surface area contributed by atoms with E-state index in [0.717, 1.165) is 12.8 Å². The smallest absolute Gasteiger partial charge is 0.107 e. The first-order valence-electron chi connectivity index (χ1n) is 5.92. The van der Waals surface area contributed by atoms with Crippen LogP contribution >= 0.6 is 11.8 Å². The zero-order chi connectivity index (χ0) is 11.4. The first-order valence-corrected chi connectivity index (χ1v) is 6.73. The largest absolute Gasteiger partial charge is 0.197 e. The van der Waals surface area contributed by atoms with Crippen LogP contribution in [-0.4, -0.2) is 4.75 Å². The molecule has 1 aliphatic rings. The maximum Gasteiger partial charge on any atom is 0.107 e. The van der Waals surface area contributed by atoms with E-state index in [-0.39, 0.29) is 4.75 Å². The van der Waals surface area contributed by atoms with Crippen molar-refractivity contribution in [2.75, 3.05) is 0 Å². The van der Waals surface area contributed by atoms with Crippen LogP contribution in [0.4, 0.5) is 0 Å². The molecule has 0 atom stereocenters. The van der Waals surface area contributed by atoms with Gasteiger partial charge in [0, 0.05) is 4.90 Å². The van der Waals surface area contributed by atoms with Gasteiger partial charge in [-0.2, -0.15) is 5.26 Å². The number of nitriles is 1. The van der Waals surface area contributed by atoms with E-state index in [1.165, 1.54) is 29.7 Å². The third-order valence-electron chi connectivity index (χ3n) is 3.26. The van der Waals surface area contributed by atoms with Crippen LogP contribution in [0.2, 0.25) is 0 Å². The monoisotopic (exact) mass is 231 g/mol. The van der Waals surface area contributed by atoms with Crippen LogP contribution in [0.15, 0.2) is 29.2 Å². The molecule has 0 N–H and O–H groups in total. The number of aryl methyl sites for hydroxylation is 1. The fraction of sp³-hybridized carbons (Fsp3) is 0.500. The van der Waals surface area contributed by atoms with Crippen molar-refractivity contribution in [2.24, 2.45) is 0 Å². The third-order valence-corrected chi connectivity index (χ3v) is 4.83. The molecule has 1 aliphatic carbocycles. The maximum atomic E-state index is 9.42. The van der Waals surface area contributed by atoms with Gasteiger partial charge < -0.3 is 0 Å². The van der Waals surface area contributed by atoms with Crippen LogP contribution in [-0.2, 0) is 0 Å². The molecule has 1 aromatic carbocycles. The van der Waals surface area contributed by atoms with Crippen molar-refractivity contribution in [1.29, 1.82) is 5.26 Å². The molecule has 2 heteroatoms.